The van der Waals surface area contributed by atoms with Crippen molar-refractivity contribution in [2.45, 2.75) is 44.7 Å². The smallest absolute Gasteiger partial charge is 0.341 e. The lowest BCUT2D eigenvalue weighted by molar-refractivity contribution is -0.134. The minimum Gasteiger partial charge on any atom is -0.341 e. The van der Waals surface area contributed by atoms with E-state index in [4.69, 9.17) is 11.6 Å². The first-order chi connectivity index (χ1) is 12.5. The number of nitrogens with zero attached hydrogens (tertiary/aromatic N) is 4. The van der Waals surface area contributed by atoms with Crippen molar-refractivity contribution in [1.82, 2.24) is 19.2 Å². The molecule has 6 nitrogen and oxygen atoms in total. The molecule has 3 heterocycles. The molecule has 1 saturated heterocycles. The van der Waals surface area contributed by atoms with Gasteiger partial charge in [-0.25, -0.2) is 13.9 Å². The maximum Gasteiger partial charge on any atom is 0.346 e. The van der Waals surface area contributed by atoms with Crippen molar-refractivity contribution in [3.05, 3.63) is 50.9 Å². The summed E-state index contributed by atoms with van der Waals surface area (Å²) in [6, 6.07) is 3.61. The third-order valence-electron chi connectivity index (χ3n) is 5.17. The fourth-order valence-corrected chi connectivity index (χ4v) is 4.05. The lowest BCUT2D eigenvalue weighted by Crippen LogP contribution is -2.41. The molecule has 138 valence electrons. The van der Waals surface area contributed by atoms with Crippen LogP contribution in [-0.2, 0) is 17.8 Å². The Morgan fingerprint density at radius 2 is 2.04 bits per heavy atom. The number of halogens is 2. The highest BCUT2D eigenvalue weighted by Gasteiger charge is 2.34. The zero-order valence-electron chi connectivity index (χ0n) is 14.3. The lowest BCUT2D eigenvalue weighted by atomic mass is 10.0. The van der Waals surface area contributed by atoms with E-state index in [1.165, 1.54) is 16.8 Å². The summed E-state index contributed by atoms with van der Waals surface area (Å²) in [5.74, 6) is 0.230. The number of hydrogen-bond donors (Lipinski definition) is 0. The highest BCUT2D eigenvalue weighted by atomic mass is 35.5. The molecule has 0 bridgehead atoms. The van der Waals surface area contributed by atoms with Gasteiger partial charge in [0.2, 0.25) is 5.91 Å². The van der Waals surface area contributed by atoms with E-state index in [1.54, 1.807) is 10.6 Å². The van der Waals surface area contributed by atoms with Gasteiger partial charge in [0.1, 0.15) is 17.7 Å². The lowest BCUT2D eigenvalue weighted by Gasteiger charge is -2.27. The van der Waals surface area contributed by atoms with Crippen molar-refractivity contribution < 1.29 is 9.18 Å². The summed E-state index contributed by atoms with van der Waals surface area (Å²) in [4.78, 5) is 27.6. The second-order valence-electron chi connectivity index (χ2n) is 6.90. The number of rotatable bonds is 3. The van der Waals surface area contributed by atoms with E-state index < -0.39 is 11.9 Å². The number of carbonyl (C=O) groups excluding carboxylic acids is 1. The Morgan fingerprint density at radius 3 is 2.77 bits per heavy atom. The summed E-state index contributed by atoms with van der Waals surface area (Å²) in [5, 5.41) is 4.67. The van der Waals surface area contributed by atoms with Crippen LogP contribution in [0.15, 0.2) is 23.0 Å². The van der Waals surface area contributed by atoms with Gasteiger partial charge in [0.05, 0.1) is 6.54 Å². The fourth-order valence-electron chi connectivity index (χ4n) is 3.83. The monoisotopic (exact) mass is 378 g/mol. The Labute approximate surface area is 155 Å². The van der Waals surface area contributed by atoms with E-state index in [-0.39, 0.29) is 23.2 Å². The van der Waals surface area contributed by atoms with Crippen LogP contribution >= 0.6 is 11.6 Å². The van der Waals surface area contributed by atoms with Gasteiger partial charge in [-0.2, -0.15) is 5.10 Å². The zero-order chi connectivity index (χ0) is 18.3. The number of amides is 1. The van der Waals surface area contributed by atoms with Gasteiger partial charge >= 0.3 is 5.69 Å². The third-order valence-corrected chi connectivity index (χ3v) is 5.52. The molecular formula is C18H20ClFN4O2. The van der Waals surface area contributed by atoms with Gasteiger partial charge in [-0.1, -0.05) is 17.7 Å². The average molecular weight is 379 g/mol. The fraction of sp³-hybridized carbons (Fsp3) is 0.500. The van der Waals surface area contributed by atoms with Crippen LogP contribution in [0.3, 0.4) is 0 Å². The van der Waals surface area contributed by atoms with Crippen LogP contribution in [0.25, 0.3) is 0 Å². The molecule has 2 aliphatic rings. The van der Waals surface area contributed by atoms with Gasteiger partial charge in [-0.15, -0.1) is 0 Å². The third kappa shape index (κ3) is 3.05. The van der Waals surface area contributed by atoms with Crippen molar-refractivity contribution in [2.75, 3.05) is 13.1 Å². The highest BCUT2D eigenvalue weighted by molar-refractivity contribution is 6.31. The summed E-state index contributed by atoms with van der Waals surface area (Å²) < 4.78 is 16.1. The van der Waals surface area contributed by atoms with Crippen molar-refractivity contribution in [2.24, 2.45) is 0 Å². The topological polar surface area (TPSA) is 60.1 Å². The molecular weight excluding hydrogens is 359 g/mol. The number of carbonyl (C=O) groups is 1. The van der Waals surface area contributed by atoms with Crippen molar-refractivity contribution in [3.63, 3.8) is 0 Å². The van der Waals surface area contributed by atoms with Crippen LogP contribution in [0.4, 0.5) is 4.39 Å². The Kier molecular flexibility index (Phi) is 4.56. The van der Waals surface area contributed by atoms with E-state index >= 15 is 0 Å². The van der Waals surface area contributed by atoms with Gasteiger partial charge in [0, 0.05) is 24.5 Å². The van der Waals surface area contributed by atoms with Gasteiger partial charge in [-0.3, -0.25) is 9.36 Å². The number of benzene rings is 1. The molecule has 1 aromatic carbocycles. The summed E-state index contributed by atoms with van der Waals surface area (Å²) in [7, 11) is 0. The standard InChI is InChI=1S/C18H20ClFN4O2/c19-14-10-13(20)7-6-12(14)11-23-18(26)24-15(4-3-5-16(24)21-23)17(25)22-8-1-2-9-22/h6-7,10,15H,1-5,8-9,11H2. The number of likely N-dealkylation sites (tertiary alicyclic amines) is 1. The zero-order valence-corrected chi connectivity index (χ0v) is 15.1. The van der Waals surface area contributed by atoms with Crippen LogP contribution in [0.2, 0.25) is 5.02 Å². The quantitative estimate of drug-likeness (QED) is 0.824. The minimum absolute atomic E-state index is 0.0184. The van der Waals surface area contributed by atoms with E-state index in [0.29, 0.717) is 24.2 Å². The van der Waals surface area contributed by atoms with Gasteiger partial charge < -0.3 is 4.90 Å². The second-order valence-corrected chi connectivity index (χ2v) is 7.31. The Hall–Kier alpha value is -2.15. The van der Waals surface area contributed by atoms with E-state index in [1.807, 2.05) is 4.90 Å². The Bertz CT molecular complexity index is 901. The van der Waals surface area contributed by atoms with Crippen LogP contribution in [0.1, 0.15) is 43.1 Å². The van der Waals surface area contributed by atoms with Crippen molar-refractivity contribution >= 4 is 17.5 Å². The van der Waals surface area contributed by atoms with Crippen LogP contribution in [0, 0.1) is 5.82 Å². The molecule has 0 saturated carbocycles. The van der Waals surface area contributed by atoms with E-state index in [0.717, 1.165) is 32.4 Å². The molecule has 1 amide bonds. The molecule has 1 unspecified atom stereocenters. The predicted octanol–water partition coefficient (Wildman–Crippen LogP) is 2.39. The number of hydrogen-bond acceptors (Lipinski definition) is 3. The molecule has 1 atom stereocenters. The first-order valence-corrected chi connectivity index (χ1v) is 9.33. The van der Waals surface area contributed by atoms with Gasteiger partial charge in [0.25, 0.3) is 0 Å². The largest absolute Gasteiger partial charge is 0.346 e. The van der Waals surface area contributed by atoms with Crippen molar-refractivity contribution in [3.8, 4) is 0 Å². The van der Waals surface area contributed by atoms with Crippen molar-refractivity contribution in [1.29, 1.82) is 0 Å². The van der Waals surface area contributed by atoms with E-state index in [2.05, 4.69) is 5.10 Å². The molecule has 0 N–H and O–H groups in total. The summed E-state index contributed by atoms with van der Waals surface area (Å²) in [5.41, 5.74) is 0.311. The maximum absolute atomic E-state index is 13.2. The van der Waals surface area contributed by atoms with Gasteiger partial charge in [-0.05, 0) is 43.4 Å². The summed E-state index contributed by atoms with van der Waals surface area (Å²) in [6.07, 6.45) is 4.19. The minimum atomic E-state index is -0.471. The number of aromatic nitrogens is 3. The molecule has 2 aromatic rings. The molecule has 0 radical (unpaired) electrons. The Morgan fingerprint density at radius 1 is 1.27 bits per heavy atom. The van der Waals surface area contributed by atoms with Crippen LogP contribution < -0.4 is 5.69 Å². The molecule has 1 fully saturated rings. The molecule has 8 heteroatoms. The van der Waals surface area contributed by atoms with Crippen LogP contribution in [0.5, 0.6) is 0 Å². The van der Waals surface area contributed by atoms with E-state index in [9.17, 15) is 14.0 Å². The Balaban J connectivity index is 1.65. The summed E-state index contributed by atoms with van der Waals surface area (Å²) in [6.45, 7) is 1.68. The number of fused-ring (bicyclic) bond motifs is 1. The molecule has 0 aliphatic carbocycles. The highest BCUT2D eigenvalue weighted by Crippen LogP contribution is 2.26. The maximum atomic E-state index is 13.2. The number of aryl methyl sites for hydroxylation is 1. The molecule has 1 aromatic heterocycles. The average Bonchev–Trinajstić information content (AvgIpc) is 3.26. The molecule has 4 rings (SSSR count). The predicted molar refractivity (Wildman–Crippen MR) is 94.8 cm³/mol. The molecule has 0 spiro atoms. The second kappa shape index (κ2) is 6.87. The van der Waals surface area contributed by atoms with Gasteiger partial charge in [0.15, 0.2) is 0 Å². The molecule has 26 heavy (non-hydrogen) atoms. The van der Waals surface area contributed by atoms with Crippen LogP contribution in [-0.4, -0.2) is 38.2 Å². The first-order valence-electron chi connectivity index (χ1n) is 8.95. The first kappa shape index (κ1) is 17.3. The SMILES string of the molecule is O=C(C1CCCc2nn(Cc3ccc(F)cc3Cl)c(=O)n21)N1CCCC1. The molecule has 2 aliphatic heterocycles. The normalized spacial score (nSPS) is 19.6. The summed E-state index contributed by atoms with van der Waals surface area (Å²) >= 11 is 6.07.